The molecule has 4 rings (SSSR count). The maximum Gasteiger partial charge on any atom is 0.285 e. The molecule has 2 aliphatic heterocycles. The number of amides is 2. The summed E-state index contributed by atoms with van der Waals surface area (Å²) in [6.07, 6.45) is 7.23. The fourth-order valence-corrected chi connectivity index (χ4v) is 8.93. The summed E-state index contributed by atoms with van der Waals surface area (Å²) in [6, 6.07) is 0. The number of fused-ring (bicyclic) bond motifs is 3. The molecule has 6 atom stereocenters. The number of carbonyl (C=O) groups is 2. The Balaban J connectivity index is 1.52. The number of imide groups is 1. The van der Waals surface area contributed by atoms with Crippen LogP contribution in [0.2, 0.25) is 0 Å². The molecule has 2 aliphatic carbocycles. The number of thioether (sulfide) groups is 2. The molecule has 134 valence electrons. The van der Waals surface area contributed by atoms with Crippen LogP contribution >= 0.6 is 23.5 Å². The number of hydroxylamine groups is 2. The van der Waals surface area contributed by atoms with Crippen LogP contribution in [0.5, 0.6) is 0 Å². The van der Waals surface area contributed by atoms with E-state index in [0.29, 0.717) is 38.9 Å². The molecule has 4 fully saturated rings. The second-order valence-corrected chi connectivity index (χ2v) is 11.7. The van der Waals surface area contributed by atoms with Gasteiger partial charge >= 0.3 is 0 Å². The lowest BCUT2D eigenvalue weighted by molar-refractivity contribution is -0.165. The first kappa shape index (κ1) is 17.2. The summed E-state index contributed by atoms with van der Waals surface area (Å²) in [5.41, 5.74) is 0. The van der Waals surface area contributed by atoms with E-state index in [1.807, 2.05) is 23.5 Å². The first-order valence-electron chi connectivity index (χ1n) is 8.42. The van der Waals surface area contributed by atoms with Gasteiger partial charge in [0.25, 0.3) is 21.9 Å². The lowest BCUT2D eigenvalue weighted by Gasteiger charge is -2.46. The van der Waals surface area contributed by atoms with Gasteiger partial charge in [-0.25, -0.2) is 0 Å². The SMILES string of the molecule is CS(=O)(=O)ON1C(=O)C2CC3SC4CCCCC4SC3CC2C1=O. The first-order valence-corrected chi connectivity index (χ1v) is 12.1. The van der Waals surface area contributed by atoms with Gasteiger partial charge in [0.1, 0.15) is 0 Å². The zero-order chi connectivity index (χ0) is 17.1. The van der Waals surface area contributed by atoms with Crippen LogP contribution in [-0.2, 0) is 24.0 Å². The highest BCUT2D eigenvalue weighted by molar-refractivity contribution is 8.08. The summed E-state index contributed by atoms with van der Waals surface area (Å²) in [4.78, 5) is 25.0. The number of rotatable bonds is 2. The van der Waals surface area contributed by atoms with E-state index in [-0.39, 0.29) is 0 Å². The number of hydrogen-bond donors (Lipinski definition) is 0. The van der Waals surface area contributed by atoms with Gasteiger partial charge in [0.15, 0.2) is 0 Å². The van der Waals surface area contributed by atoms with Crippen molar-refractivity contribution in [3.63, 3.8) is 0 Å². The van der Waals surface area contributed by atoms with E-state index in [9.17, 15) is 18.0 Å². The Morgan fingerprint density at radius 3 is 1.79 bits per heavy atom. The minimum absolute atomic E-state index is 0.380. The molecule has 0 spiro atoms. The number of hydrogen-bond acceptors (Lipinski definition) is 7. The van der Waals surface area contributed by atoms with Gasteiger partial charge in [0.2, 0.25) is 0 Å². The Morgan fingerprint density at radius 1 is 0.917 bits per heavy atom. The molecular weight excluding hydrogens is 370 g/mol. The normalized spacial score (nSPS) is 42.5. The molecule has 2 heterocycles. The summed E-state index contributed by atoms with van der Waals surface area (Å²) in [5, 5.41) is 2.59. The molecule has 6 unspecified atom stereocenters. The molecule has 0 aromatic carbocycles. The van der Waals surface area contributed by atoms with E-state index in [0.717, 1.165) is 6.26 Å². The van der Waals surface area contributed by atoms with E-state index >= 15 is 0 Å². The van der Waals surface area contributed by atoms with Gasteiger partial charge in [-0.15, -0.1) is 9.35 Å². The second kappa shape index (κ2) is 6.17. The topological polar surface area (TPSA) is 80.8 Å². The monoisotopic (exact) mass is 391 g/mol. The van der Waals surface area contributed by atoms with Crippen LogP contribution in [0.25, 0.3) is 0 Å². The fourth-order valence-electron chi connectivity index (χ4n) is 4.41. The quantitative estimate of drug-likeness (QED) is 0.664. The maximum atomic E-state index is 12.5. The molecule has 6 nitrogen and oxygen atoms in total. The van der Waals surface area contributed by atoms with Crippen LogP contribution in [0.1, 0.15) is 38.5 Å². The van der Waals surface area contributed by atoms with Gasteiger partial charge in [-0.3, -0.25) is 9.59 Å². The van der Waals surface area contributed by atoms with Crippen molar-refractivity contribution < 1.29 is 22.3 Å². The third kappa shape index (κ3) is 3.01. The van der Waals surface area contributed by atoms with E-state index in [4.69, 9.17) is 0 Å². The van der Waals surface area contributed by atoms with Gasteiger partial charge in [-0.1, -0.05) is 12.8 Å². The van der Waals surface area contributed by atoms with Crippen LogP contribution in [0, 0.1) is 11.8 Å². The van der Waals surface area contributed by atoms with Crippen molar-refractivity contribution >= 4 is 45.5 Å². The molecule has 2 saturated carbocycles. The predicted molar refractivity (Wildman–Crippen MR) is 92.8 cm³/mol. The van der Waals surface area contributed by atoms with Gasteiger partial charge in [0.05, 0.1) is 18.1 Å². The van der Waals surface area contributed by atoms with Gasteiger partial charge in [-0.2, -0.15) is 31.9 Å². The molecule has 2 amide bonds. The summed E-state index contributed by atoms with van der Waals surface area (Å²) in [6.45, 7) is 0. The Morgan fingerprint density at radius 2 is 1.38 bits per heavy atom. The zero-order valence-corrected chi connectivity index (χ0v) is 15.9. The lowest BCUT2D eigenvalue weighted by atomic mass is 9.80. The highest BCUT2D eigenvalue weighted by Crippen LogP contribution is 2.54. The van der Waals surface area contributed by atoms with Crippen molar-refractivity contribution in [2.45, 2.75) is 59.5 Å². The second-order valence-electron chi connectivity index (χ2n) is 7.14. The van der Waals surface area contributed by atoms with Crippen LogP contribution in [0.3, 0.4) is 0 Å². The minimum atomic E-state index is -3.89. The average molecular weight is 392 g/mol. The fraction of sp³-hybridized carbons (Fsp3) is 0.867. The van der Waals surface area contributed by atoms with E-state index in [1.165, 1.54) is 25.7 Å². The standard InChI is InChI=1S/C15H21NO5S3/c1-24(19,20)21-16-14(17)8-6-12-13(7-9(8)15(16)18)23-11-5-3-2-4-10(11)22-12/h8-13H,2-7H2,1H3. The van der Waals surface area contributed by atoms with Crippen molar-refractivity contribution in [3.8, 4) is 0 Å². The van der Waals surface area contributed by atoms with Crippen molar-refractivity contribution in [1.82, 2.24) is 5.06 Å². The molecule has 0 bridgehead atoms. The lowest BCUT2D eigenvalue weighted by Crippen LogP contribution is -2.44. The van der Waals surface area contributed by atoms with Crippen LogP contribution in [0.15, 0.2) is 0 Å². The smallest absolute Gasteiger partial charge is 0.272 e. The van der Waals surface area contributed by atoms with E-state index in [1.54, 1.807) is 0 Å². The molecule has 2 saturated heterocycles. The van der Waals surface area contributed by atoms with Crippen molar-refractivity contribution in [2.75, 3.05) is 6.26 Å². The maximum absolute atomic E-state index is 12.5. The summed E-state index contributed by atoms with van der Waals surface area (Å²) < 4.78 is 27.3. The molecule has 4 aliphatic rings. The Labute approximate surface area is 150 Å². The number of nitrogens with zero attached hydrogens (tertiary/aromatic N) is 1. The highest BCUT2D eigenvalue weighted by Gasteiger charge is 2.56. The molecule has 0 aromatic rings. The largest absolute Gasteiger partial charge is 0.285 e. The number of carbonyl (C=O) groups excluding carboxylic acids is 2. The average Bonchev–Trinajstić information content (AvgIpc) is 2.74. The first-order chi connectivity index (χ1) is 11.3. The molecular formula is C15H21NO5S3. The summed E-state index contributed by atoms with van der Waals surface area (Å²) >= 11 is 4.01. The van der Waals surface area contributed by atoms with Crippen molar-refractivity contribution in [1.29, 1.82) is 0 Å². The third-order valence-corrected chi connectivity index (χ3v) is 9.79. The Kier molecular flexibility index (Phi) is 4.42. The molecule has 0 aromatic heterocycles. The van der Waals surface area contributed by atoms with Crippen LogP contribution in [-0.4, -0.2) is 52.6 Å². The Hall–Kier alpha value is -0.250. The predicted octanol–water partition coefficient (Wildman–Crippen LogP) is 1.80. The van der Waals surface area contributed by atoms with Gasteiger partial charge < -0.3 is 0 Å². The zero-order valence-electron chi connectivity index (χ0n) is 13.4. The van der Waals surface area contributed by atoms with E-state index in [2.05, 4.69) is 4.28 Å². The third-order valence-electron chi connectivity index (χ3n) is 5.46. The van der Waals surface area contributed by atoms with Gasteiger partial charge in [-0.05, 0) is 25.7 Å². The minimum Gasteiger partial charge on any atom is -0.272 e. The van der Waals surface area contributed by atoms with Crippen LogP contribution in [0.4, 0.5) is 0 Å². The highest BCUT2D eigenvalue weighted by atomic mass is 32.2. The molecule has 24 heavy (non-hydrogen) atoms. The molecule has 9 heteroatoms. The Bertz CT molecular complexity index is 626. The summed E-state index contributed by atoms with van der Waals surface area (Å²) in [5.74, 6) is -1.81. The molecule has 0 radical (unpaired) electrons. The van der Waals surface area contributed by atoms with Crippen molar-refractivity contribution in [2.24, 2.45) is 11.8 Å². The van der Waals surface area contributed by atoms with Gasteiger partial charge in [0, 0.05) is 21.0 Å². The van der Waals surface area contributed by atoms with Crippen molar-refractivity contribution in [3.05, 3.63) is 0 Å². The molecule has 0 N–H and O–H groups in total. The van der Waals surface area contributed by atoms with Crippen LogP contribution < -0.4 is 0 Å². The summed E-state index contributed by atoms with van der Waals surface area (Å²) in [7, 11) is -3.89. The van der Waals surface area contributed by atoms with E-state index < -0.39 is 33.8 Å².